The molecule has 2 N–H and O–H groups in total. The molecule has 2 aromatic carbocycles. The van der Waals surface area contributed by atoms with Crippen LogP contribution in [-0.4, -0.2) is 38.7 Å². The van der Waals surface area contributed by atoms with Gasteiger partial charge >= 0.3 is 0 Å². The lowest BCUT2D eigenvalue weighted by atomic mass is 9.98. The van der Waals surface area contributed by atoms with Gasteiger partial charge in [0.25, 0.3) is 0 Å². The monoisotopic (exact) mass is 372 g/mol. The number of phenolic OH excluding ortho intramolecular Hbond substituents is 2. The van der Waals surface area contributed by atoms with Gasteiger partial charge in [0.05, 0.1) is 28.4 Å². The van der Waals surface area contributed by atoms with Crippen LogP contribution in [0.5, 0.6) is 34.5 Å². The van der Waals surface area contributed by atoms with Gasteiger partial charge in [0.2, 0.25) is 11.5 Å². The van der Waals surface area contributed by atoms with E-state index in [1.807, 2.05) is 12.1 Å². The Morgan fingerprint density at radius 2 is 1.48 bits per heavy atom. The molecular formula is C21H24O6. The van der Waals surface area contributed by atoms with E-state index in [0.29, 0.717) is 22.8 Å². The fourth-order valence-corrected chi connectivity index (χ4v) is 3.53. The topological polar surface area (TPSA) is 77.4 Å². The summed E-state index contributed by atoms with van der Waals surface area (Å²) in [6.07, 6.45) is 4.38. The summed E-state index contributed by atoms with van der Waals surface area (Å²) in [6, 6.07) is 5.30. The Bertz CT molecular complexity index is 885. The van der Waals surface area contributed by atoms with Crippen LogP contribution in [0.2, 0.25) is 0 Å². The van der Waals surface area contributed by atoms with E-state index in [2.05, 4.69) is 0 Å². The Morgan fingerprint density at radius 1 is 0.778 bits per heavy atom. The summed E-state index contributed by atoms with van der Waals surface area (Å²) in [5.74, 6) is 1.60. The van der Waals surface area contributed by atoms with Crippen molar-refractivity contribution in [1.29, 1.82) is 0 Å². The van der Waals surface area contributed by atoms with Crippen molar-refractivity contribution in [3.05, 3.63) is 34.9 Å². The van der Waals surface area contributed by atoms with E-state index in [-0.39, 0.29) is 17.2 Å². The largest absolute Gasteiger partial charge is 0.504 e. The highest BCUT2D eigenvalue weighted by molar-refractivity contribution is 5.88. The second-order valence-corrected chi connectivity index (χ2v) is 6.25. The fraction of sp³-hybridized carbons (Fsp3) is 0.333. The number of methoxy groups -OCH3 is 4. The van der Waals surface area contributed by atoms with E-state index >= 15 is 0 Å². The zero-order valence-corrected chi connectivity index (χ0v) is 16.0. The van der Waals surface area contributed by atoms with Crippen LogP contribution in [0, 0.1) is 0 Å². The number of hydrogen-bond donors (Lipinski definition) is 2. The van der Waals surface area contributed by atoms with Gasteiger partial charge in [-0.2, -0.15) is 0 Å². The molecule has 0 spiro atoms. The Kier molecular flexibility index (Phi) is 5.35. The molecule has 0 saturated carbocycles. The number of aromatic hydroxyl groups is 2. The minimum atomic E-state index is -0.259. The molecule has 144 valence electrons. The third-order valence-electron chi connectivity index (χ3n) is 4.85. The lowest BCUT2D eigenvalue weighted by Crippen LogP contribution is -2.01. The molecule has 0 saturated heterocycles. The average molecular weight is 372 g/mol. The van der Waals surface area contributed by atoms with Gasteiger partial charge in [0, 0.05) is 11.1 Å². The van der Waals surface area contributed by atoms with E-state index in [1.165, 1.54) is 7.11 Å². The molecule has 0 bridgehead atoms. The first-order valence-corrected chi connectivity index (χ1v) is 8.67. The molecule has 1 aliphatic rings. The van der Waals surface area contributed by atoms with Crippen LogP contribution in [0.25, 0.3) is 11.6 Å². The minimum absolute atomic E-state index is 0.184. The summed E-state index contributed by atoms with van der Waals surface area (Å²) in [6.45, 7) is 0. The Balaban J connectivity index is 2.18. The van der Waals surface area contributed by atoms with Crippen molar-refractivity contribution in [1.82, 2.24) is 0 Å². The first-order valence-electron chi connectivity index (χ1n) is 8.67. The lowest BCUT2D eigenvalue weighted by Gasteiger charge is -2.17. The Hall–Kier alpha value is -3.02. The van der Waals surface area contributed by atoms with Crippen LogP contribution in [-0.2, 0) is 6.42 Å². The van der Waals surface area contributed by atoms with Gasteiger partial charge in [-0.15, -0.1) is 0 Å². The van der Waals surface area contributed by atoms with Crippen LogP contribution in [0.1, 0.15) is 29.5 Å². The van der Waals surface area contributed by atoms with Crippen molar-refractivity contribution in [3.63, 3.8) is 0 Å². The highest BCUT2D eigenvalue weighted by Gasteiger charge is 2.23. The second kappa shape index (κ2) is 7.70. The molecule has 27 heavy (non-hydrogen) atoms. The van der Waals surface area contributed by atoms with Crippen molar-refractivity contribution in [2.45, 2.75) is 19.3 Å². The maximum Gasteiger partial charge on any atom is 0.203 e. The molecule has 1 aliphatic carbocycles. The molecular weight excluding hydrogens is 348 g/mol. The highest BCUT2D eigenvalue weighted by atomic mass is 16.5. The van der Waals surface area contributed by atoms with Gasteiger partial charge < -0.3 is 29.2 Å². The number of hydrogen-bond acceptors (Lipinski definition) is 6. The molecule has 6 nitrogen and oxygen atoms in total. The smallest absolute Gasteiger partial charge is 0.203 e. The third-order valence-corrected chi connectivity index (χ3v) is 4.85. The summed E-state index contributed by atoms with van der Waals surface area (Å²) in [5, 5.41) is 20.6. The first-order chi connectivity index (χ1) is 13.0. The predicted molar refractivity (Wildman–Crippen MR) is 103 cm³/mol. The van der Waals surface area contributed by atoms with Crippen LogP contribution in [0.15, 0.2) is 18.2 Å². The number of allylic oxidation sites excluding steroid dienone is 1. The van der Waals surface area contributed by atoms with Crippen LogP contribution in [0.4, 0.5) is 0 Å². The molecule has 0 fully saturated rings. The quantitative estimate of drug-likeness (QED) is 0.773. The fourth-order valence-electron chi connectivity index (χ4n) is 3.53. The lowest BCUT2D eigenvalue weighted by molar-refractivity contribution is 0.322. The highest BCUT2D eigenvalue weighted by Crippen LogP contribution is 2.47. The maximum atomic E-state index is 10.4. The maximum absolute atomic E-state index is 10.4. The molecule has 3 rings (SSSR count). The molecule has 0 aromatic heterocycles. The van der Waals surface area contributed by atoms with E-state index in [9.17, 15) is 10.2 Å². The molecule has 0 unspecified atom stereocenters. The first kappa shape index (κ1) is 18.8. The summed E-state index contributed by atoms with van der Waals surface area (Å²) >= 11 is 0. The van der Waals surface area contributed by atoms with Gasteiger partial charge in [-0.05, 0) is 48.6 Å². The van der Waals surface area contributed by atoms with E-state index in [4.69, 9.17) is 18.9 Å². The van der Waals surface area contributed by atoms with Crippen molar-refractivity contribution < 1.29 is 29.2 Å². The predicted octanol–water partition coefficient (Wildman–Crippen LogP) is 4.01. The van der Waals surface area contributed by atoms with Crippen LogP contribution < -0.4 is 18.9 Å². The molecule has 0 atom stereocenters. The second-order valence-electron chi connectivity index (χ2n) is 6.25. The average Bonchev–Trinajstić information content (AvgIpc) is 2.90. The van der Waals surface area contributed by atoms with Gasteiger partial charge in [0.1, 0.15) is 0 Å². The van der Waals surface area contributed by atoms with Crippen LogP contribution >= 0.6 is 0 Å². The molecule has 0 heterocycles. The summed E-state index contributed by atoms with van der Waals surface area (Å²) in [7, 11) is 6.23. The number of benzene rings is 2. The van der Waals surface area contributed by atoms with Gasteiger partial charge in [-0.25, -0.2) is 0 Å². The van der Waals surface area contributed by atoms with E-state index < -0.39 is 0 Å². The SMILES string of the molecule is COc1ccc(C2=Cc3cc(OC)c(OC)c(OC)c3CCC2)c(O)c1O. The normalized spacial score (nSPS) is 13.3. The number of rotatable bonds is 5. The zero-order valence-electron chi connectivity index (χ0n) is 16.0. The van der Waals surface area contributed by atoms with Gasteiger partial charge in [-0.1, -0.05) is 6.08 Å². The molecule has 6 heteroatoms. The van der Waals surface area contributed by atoms with Gasteiger partial charge in [0.15, 0.2) is 23.0 Å². The number of ether oxygens (including phenoxy) is 4. The standard InChI is InChI=1S/C21H24O6/c1-24-16-9-8-14(18(22)19(16)23)12-6-5-7-15-13(10-12)11-17(25-2)21(27-4)20(15)26-3/h8-11,22-23H,5-7H2,1-4H3. The minimum Gasteiger partial charge on any atom is -0.504 e. The molecule has 2 aromatic rings. The summed E-state index contributed by atoms with van der Waals surface area (Å²) in [4.78, 5) is 0. The summed E-state index contributed by atoms with van der Waals surface area (Å²) in [5.41, 5.74) is 3.46. The van der Waals surface area contributed by atoms with Crippen molar-refractivity contribution >= 4 is 11.6 Å². The van der Waals surface area contributed by atoms with E-state index in [0.717, 1.165) is 36.0 Å². The third kappa shape index (κ3) is 3.23. The number of fused-ring (bicyclic) bond motifs is 1. The zero-order chi connectivity index (χ0) is 19.6. The van der Waals surface area contributed by atoms with E-state index in [1.54, 1.807) is 33.5 Å². The van der Waals surface area contributed by atoms with Crippen molar-refractivity contribution in [3.8, 4) is 34.5 Å². The summed E-state index contributed by atoms with van der Waals surface area (Å²) < 4.78 is 21.6. The van der Waals surface area contributed by atoms with Crippen molar-refractivity contribution in [2.75, 3.05) is 28.4 Å². The molecule has 0 radical (unpaired) electrons. The molecule has 0 amide bonds. The molecule has 0 aliphatic heterocycles. The van der Waals surface area contributed by atoms with Crippen LogP contribution in [0.3, 0.4) is 0 Å². The van der Waals surface area contributed by atoms with Crippen molar-refractivity contribution in [2.24, 2.45) is 0 Å². The number of phenols is 2. The Morgan fingerprint density at radius 3 is 2.11 bits per heavy atom. The Labute approximate surface area is 158 Å². The van der Waals surface area contributed by atoms with Gasteiger partial charge in [-0.3, -0.25) is 0 Å².